The Morgan fingerprint density at radius 1 is 0.857 bits per heavy atom. The van der Waals surface area contributed by atoms with Gasteiger partial charge in [-0.1, -0.05) is 11.1 Å². The summed E-state index contributed by atoms with van der Waals surface area (Å²) >= 11 is 0. The van der Waals surface area contributed by atoms with E-state index in [0.29, 0.717) is 0 Å². The Balaban J connectivity index is 2.31. The molecule has 2 heteroatoms. The highest BCUT2D eigenvalue weighted by atomic mass is 16.1. The zero-order chi connectivity index (χ0) is 9.97. The van der Waals surface area contributed by atoms with Crippen LogP contribution in [0.3, 0.4) is 0 Å². The average molecular weight is 192 g/mol. The molecule has 0 amide bonds. The summed E-state index contributed by atoms with van der Waals surface area (Å²) in [6, 6.07) is 0. The van der Waals surface area contributed by atoms with Crippen molar-refractivity contribution in [1.29, 1.82) is 0 Å². The number of rotatable bonds is 2. The fourth-order valence-corrected chi connectivity index (χ4v) is 2.84. The molecule has 76 valence electrons. The van der Waals surface area contributed by atoms with Gasteiger partial charge in [0.05, 0.1) is 0 Å². The Hall–Kier alpha value is -0.920. The van der Waals surface area contributed by atoms with E-state index in [1.54, 1.807) is 0 Å². The minimum Gasteiger partial charge on any atom is -0.303 e. The van der Waals surface area contributed by atoms with E-state index < -0.39 is 0 Å². The summed E-state index contributed by atoms with van der Waals surface area (Å²) in [7, 11) is 0. The van der Waals surface area contributed by atoms with Crippen molar-refractivity contribution in [2.45, 2.75) is 38.5 Å². The summed E-state index contributed by atoms with van der Waals surface area (Å²) in [6.45, 7) is 0. The number of hydrogen-bond donors (Lipinski definition) is 0. The number of allylic oxidation sites excluding steroid dienone is 2. The molecule has 0 radical (unpaired) electrons. The molecule has 2 atom stereocenters. The monoisotopic (exact) mass is 192 g/mol. The third-order valence-electron chi connectivity index (χ3n) is 3.56. The van der Waals surface area contributed by atoms with Crippen molar-refractivity contribution in [3.8, 4) is 0 Å². The lowest BCUT2D eigenvalue weighted by Crippen LogP contribution is -2.22. The van der Waals surface area contributed by atoms with Crippen molar-refractivity contribution < 1.29 is 9.59 Å². The standard InChI is InChI=1S/C12H16O2/c13-7-9-3-1-5-11-10(8-14)4-2-6-12(9)11/h7-10H,1-6H2. The van der Waals surface area contributed by atoms with E-state index in [4.69, 9.17) is 0 Å². The second kappa shape index (κ2) is 4.07. The summed E-state index contributed by atoms with van der Waals surface area (Å²) < 4.78 is 0. The summed E-state index contributed by atoms with van der Waals surface area (Å²) in [5.41, 5.74) is 2.60. The third-order valence-corrected chi connectivity index (χ3v) is 3.56. The molecule has 2 unspecified atom stereocenters. The molecule has 0 N–H and O–H groups in total. The van der Waals surface area contributed by atoms with Gasteiger partial charge in [0.1, 0.15) is 12.6 Å². The summed E-state index contributed by atoms with van der Waals surface area (Å²) in [6.07, 6.45) is 8.37. The molecule has 0 saturated heterocycles. The van der Waals surface area contributed by atoms with Crippen LogP contribution in [0.25, 0.3) is 0 Å². The highest BCUT2D eigenvalue weighted by Gasteiger charge is 2.29. The Bertz CT molecular complexity index is 250. The largest absolute Gasteiger partial charge is 0.303 e. The van der Waals surface area contributed by atoms with Crippen LogP contribution in [0.5, 0.6) is 0 Å². The van der Waals surface area contributed by atoms with Gasteiger partial charge in [-0.2, -0.15) is 0 Å². The van der Waals surface area contributed by atoms with E-state index in [1.165, 1.54) is 11.1 Å². The first-order chi connectivity index (χ1) is 6.86. The van der Waals surface area contributed by atoms with Crippen LogP contribution in [-0.2, 0) is 9.59 Å². The van der Waals surface area contributed by atoms with Gasteiger partial charge < -0.3 is 9.59 Å². The zero-order valence-electron chi connectivity index (χ0n) is 8.37. The van der Waals surface area contributed by atoms with Gasteiger partial charge in [0.25, 0.3) is 0 Å². The Morgan fingerprint density at radius 3 is 1.64 bits per heavy atom. The first kappa shape index (κ1) is 9.63. The van der Waals surface area contributed by atoms with E-state index in [9.17, 15) is 9.59 Å². The molecule has 0 saturated carbocycles. The maximum Gasteiger partial charge on any atom is 0.127 e. The van der Waals surface area contributed by atoms with E-state index in [0.717, 1.165) is 51.1 Å². The molecular formula is C12H16O2. The van der Waals surface area contributed by atoms with Crippen LogP contribution in [0.4, 0.5) is 0 Å². The van der Waals surface area contributed by atoms with Gasteiger partial charge in [-0.05, 0) is 38.5 Å². The molecule has 0 heterocycles. The van der Waals surface area contributed by atoms with Crippen molar-refractivity contribution in [3.63, 3.8) is 0 Å². The Labute approximate surface area is 84.4 Å². The predicted molar refractivity (Wildman–Crippen MR) is 53.8 cm³/mol. The van der Waals surface area contributed by atoms with Gasteiger partial charge in [-0.3, -0.25) is 0 Å². The molecule has 2 nitrogen and oxygen atoms in total. The summed E-state index contributed by atoms with van der Waals surface area (Å²) in [5.74, 6) is 0.253. The fraction of sp³-hybridized carbons (Fsp3) is 0.667. The van der Waals surface area contributed by atoms with Gasteiger partial charge >= 0.3 is 0 Å². The van der Waals surface area contributed by atoms with Gasteiger partial charge in [0.2, 0.25) is 0 Å². The minimum absolute atomic E-state index is 0.126. The highest BCUT2D eigenvalue weighted by Crippen LogP contribution is 2.40. The van der Waals surface area contributed by atoms with Crippen molar-refractivity contribution >= 4 is 12.6 Å². The van der Waals surface area contributed by atoms with Crippen molar-refractivity contribution in [2.24, 2.45) is 11.8 Å². The molecular weight excluding hydrogens is 176 g/mol. The van der Waals surface area contributed by atoms with E-state index in [1.807, 2.05) is 0 Å². The van der Waals surface area contributed by atoms with E-state index in [2.05, 4.69) is 0 Å². The first-order valence-electron chi connectivity index (χ1n) is 5.49. The quantitative estimate of drug-likeness (QED) is 0.497. The highest BCUT2D eigenvalue weighted by molar-refractivity contribution is 5.65. The second-order valence-corrected chi connectivity index (χ2v) is 4.32. The van der Waals surface area contributed by atoms with Gasteiger partial charge in [-0.15, -0.1) is 0 Å². The zero-order valence-corrected chi connectivity index (χ0v) is 8.37. The summed E-state index contributed by atoms with van der Waals surface area (Å²) in [5, 5.41) is 0. The van der Waals surface area contributed by atoms with Crippen LogP contribution in [0, 0.1) is 11.8 Å². The molecule has 0 bridgehead atoms. The van der Waals surface area contributed by atoms with Crippen LogP contribution in [0.1, 0.15) is 38.5 Å². The van der Waals surface area contributed by atoms with Crippen LogP contribution < -0.4 is 0 Å². The van der Waals surface area contributed by atoms with Crippen LogP contribution in [0.15, 0.2) is 11.1 Å². The van der Waals surface area contributed by atoms with Crippen molar-refractivity contribution in [3.05, 3.63) is 11.1 Å². The average Bonchev–Trinajstić information content (AvgIpc) is 2.27. The topological polar surface area (TPSA) is 34.1 Å². The lowest BCUT2D eigenvalue weighted by Gasteiger charge is -2.32. The van der Waals surface area contributed by atoms with Crippen LogP contribution >= 0.6 is 0 Å². The summed E-state index contributed by atoms with van der Waals surface area (Å²) in [4.78, 5) is 21.8. The molecule has 2 aliphatic carbocycles. The predicted octanol–water partition coefficient (Wildman–Crippen LogP) is 2.28. The second-order valence-electron chi connectivity index (χ2n) is 4.32. The van der Waals surface area contributed by atoms with Crippen LogP contribution in [-0.4, -0.2) is 12.6 Å². The molecule has 0 aromatic carbocycles. The molecule has 2 aliphatic rings. The lowest BCUT2D eigenvalue weighted by atomic mass is 9.72. The number of carbonyl (C=O) groups is 2. The first-order valence-corrected chi connectivity index (χ1v) is 5.49. The van der Waals surface area contributed by atoms with Gasteiger partial charge in [0.15, 0.2) is 0 Å². The van der Waals surface area contributed by atoms with Gasteiger partial charge in [0, 0.05) is 11.8 Å². The van der Waals surface area contributed by atoms with Crippen molar-refractivity contribution in [2.75, 3.05) is 0 Å². The smallest absolute Gasteiger partial charge is 0.127 e. The molecule has 14 heavy (non-hydrogen) atoms. The molecule has 0 aliphatic heterocycles. The van der Waals surface area contributed by atoms with E-state index >= 15 is 0 Å². The minimum atomic E-state index is 0.126. The third kappa shape index (κ3) is 1.54. The molecule has 0 aromatic heterocycles. The maximum atomic E-state index is 10.9. The van der Waals surface area contributed by atoms with E-state index in [-0.39, 0.29) is 11.8 Å². The van der Waals surface area contributed by atoms with Crippen LogP contribution in [0.2, 0.25) is 0 Å². The number of carbonyl (C=O) groups excluding carboxylic acids is 2. The maximum absolute atomic E-state index is 10.9. The van der Waals surface area contributed by atoms with Crippen molar-refractivity contribution in [1.82, 2.24) is 0 Å². The lowest BCUT2D eigenvalue weighted by molar-refractivity contribution is -0.112. The SMILES string of the molecule is O=CC1CCCC2=C1CCCC2C=O. The fourth-order valence-electron chi connectivity index (χ4n) is 2.84. The molecule has 2 rings (SSSR count). The van der Waals surface area contributed by atoms with Gasteiger partial charge in [-0.25, -0.2) is 0 Å². The normalized spacial score (nSPS) is 32.3. The number of aldehydes is 2. The molecule has 0 spiro atoms. The Kier molecular flexibility index (Phi) is 2.80. The number of hydrogen-bond acceptors (Lipinski definition) is 2. The Morgan fingerprint density at radius 2 is 1.29 bits per heavy atom. The molecule has 0 fully saturated rings. The molecule has 0 aromatic rings.